The molecule has 0 radical (unpaired) electrons. The van der Waals surface area contributed by atoms with Crippen molar-refractivity contribution in [3.05, 3.63) is 153 Å². The maximum atomic E-state index is 12.8. The van der Waals surface area contributed by atoms with Crippen LogP contribution in [0.3, 0.4) is 0 Å². The van der Waals surface area contributed by atoms with Crippen molar-refractivity contribution in [1.82, 2.24) is 24.3 Å². The molecule has 6 rings (SSSR count). The maximum absolute atomic E-state index is 12.8. The van der Waals surface area contributed by atoms with Gasteiger partial charge in [-0.15, -0.1) is 0 Å². The van der Waals surface area contributed by atoms with Crippen LogP contribution in [0, 0.1) is 6.92 Å². The predicted molar refractivity (Wildman–Crippen MR) is 149 cm³/mol. The lowest BCUT2D eigenvalue weighted by molar-refractivity contribution is -0.0810. The summed E-state index contributed by atoms with van der Waals surface area (Å²) in [5, 5.41) is 4.33. The Morgan fingerprint density at radius 3 is 2.02 bits per heavy atom. The van der Waals surface area contributed by atoms with E-state index in [1.165, 1.54) is 17.1 Å². The van der Waals surface area contributed by atoms with E-state index in [9.17, 15) is 9.59 Å². The molecule has 1 fully saturated rings. The number of hydrogen-bond acceptors (Lipinski definition) is 6. The molecule has 0 amide bonds. The molecule has 202 valence electrons. The van der Waals surface area contributed by atoms with Crippen LogP contribution in [0.5, 0.6) is 0 Å². The largest absolute Gasteiger partial charge is 0.358 e. The van der Waals surface area contributed by atoms with Gasteiger partial charge in [-0.2, -0.15) is 5.10 Å². The van der Waals surface area contributed by atoms with Crippen LogP contribution in [-0.4, -0.2) is 37.0 Å². The number of hydrogen-bond donors (Lipinski definition) is 1. The molecule has 1 N–H and O–H groups in total. The molecule has 3 atom stereocenters. The summed E-state index contributed by atoms with van der Waals surface area (Å²) in [6.07, 6.45) is 4.02. The summed E-state index contributed by atoms with van der Waals surface area (Å²) in [5.74, 6) is 0. The second kappa shape index (κ2) is 10.9. The molecule has 5 aromatic rings. The minimum Gasteiger partial charge on any atom is -0.358 e. The molecule has 9 nitrogen and oxygen atoms in total. The quantitative estimate of drug-likeness (QED) is 0.302. The normalized spacial score (nSPS) is 19.1. The van der Waals surface area contributed by atoms with Gasteiger partial charge in [0.05, 0.1) is 12.7 Å². The first-order valence-electron chi connectivity index (χ1n) is 13.2. The molecular formula is C31H29N5O4. The van der Waals surface area contributed by atoms with Crippen molar-refractivity contribution in [2.24, 2.45) is 0 Å². The Morgan fingerprint density at radius 2 is 1.50 bits per heavy atom. The van der Waals surface area contributed by atoms with E-state index in [1.807, 2.05) is 54.6 Å². The fourth-order valence-corrected chi connectivity index (χ4v) is 5.48. The van der Waals surface area contributed by atoms with Gasteiger partial charge < -0.3 is 9.47 Å². The Hall–Kier alpha value is -4.60. The molecule has 0 unspecified atom stereocenters. The number of aromatic amines is 1. The van der Waals surface area contributed by atoms with Gasteiger partial charge in [-0.25, -0.2) is 14.5 Å². The Kier molecular flexibility index (Phi) is 6.98. The molecule has 1 aliphatic rings. The third-order valence-corrected chi connectivity index (χ3v) is 7.39. The first kappa shape index (κ1) is 25.7. The maximum Gasteiger partial charge on any atom is 0.330 e. The number of H-pyrrole nitrogens is 1. The van der Waals surface area contributed by atoms with E-state index in [0.717, 1.165) is 16.7 Å². The van der Waals surface area contributed by atoms with E-state index in [2.05, 4.69) is 51.5 Å². The van der Waals surface area contributed by atoms with Crippen molar-refractivity contribution in [1.29, 1.82) is 0 Å². The summed E-state index contributed by atoms with van der Waals surface area (Å²) in [7, 11) is 0. The van der Waals surface area contributed by atoms with Crippen molar-refractivity contribution in [3.8, 4) is 0 Å². The molecule has 9 heteroatoms. The highest BCUT2D eigenvalue weighted by molar-refractivity contribution is 5.47. The van der Waals surface area contributed by atoms with Gasteiger partial charge in [0.1, 0.15) is 24.3 Å². The summed E-state index contributed by atoms with van der Waals surface area (Å²) in [5.41, 5.74) is 1.51. The van der Waals surface area contributed by atoms with Crippen LogP contribution in [0.1, 0.15) is 40.9 Å². The number of aryl methyl sites for hydroxylation is 1. The van der Waals surface area contributed by atoms with E-state index in [1.54, 1.807) is 17.9 Å². The Balaban J connectivity index is 1.39. The summed E-state index contributed by atoms with van der Waals surface area (Å²) >= 11 is 0. The molecule has 0 bridgehead atoms. The molecule has 0 saturated carbocycles. The van der Waals surface area contributed by atoms with E-state index < -0.39 is 23.1 Å². The standard InChI is InChI=1S/C31H29N5O4/c1-22-18-35(30(38)34-28(22)37)29-27(36-21-32-20-33-36)17-26(40-29)19-39-31(23-11-5-2-6-12-23,24-13-7-3-8-14-24)25-15-9-4-10-16-25/h2-16,18,20-21,26-27,29H,17,19H2,1H3,(H,34,37,38)/t26-,27+,29+/m0/s1. The molecule has 3 heterocycles. The van der Waals surface area contributed by atoms with Crippen LogP contribution in [-0.2, 0) is 15.1 Å². The minimum absolute atomic E-state index is 0.234. The third kappa shape index (κ3) is 4.70. The van der Waals surface area contributed by atoms with Gasteiger partial charge in [-0.3, -0.25) is 14.3 Å². The van der Waals surface area contributed by atoms with Crippen molar-refractivity contribution in [3.63, 3.8) is 0 Å². The lowest BCUT2D eigenvalue weighted by atomic mass is 9.80. The molecule has 40 heavy (non-hydrogen) atoms. The zero-order valence-corrected chi connectivity index (χ0v) is 22.0. The fraction of sp³-hybridized carbons (Fsp3) is 0.226. The van der Waals surface area contributed by atoms with Crippen molar-refractivity contribution in [2.75, 3.05) is 6.61 Å². The van der Waals surface area contributed by atoms with Gasteiger partial charge in [0, 0.05) is 18.2 Å². The van der Waals surface area contributed by atoms with Crippen LogP contribution in [0.2, 0.25) is 0 Å². The predicted octanol–water partition coefficient (Wildman–Crippen LogP) is 3.97. The van der Waals surface area contributed by atoms with Gasteiger partial charge in [0.25, 0.3) is 5.56 Å². The molecule has 3 aromatic carbocycles. The van der Waals surface area contributed by atoms with Gasteiger partial charge in [-0.05, 0) is 23.6 Å². The summed E-state index contributed by atoms with van der Waals surface area (Å²) in [4.78, 5) is 31.3. The average Bonchev–Trinajstić information content (AvgIpc) is 3.68. The van der Waals surface area contributed by atoms with Crippen LogP contribution >= 0.6 is 0 Å². The number of ether oxygens (including phenoxy) is 2. The summed E-state index contributed by atoms with van der Waals surface area (Å²) < 4.78 is 16.6. The molecule has 0 aliphatic carbocycles. The number of aromatic nitrogens is 5. The van der Waals surface area contributed by atoms with E-state index >= 15 is 0 Å². The summed E-state index contributed by atoms with van der Waals surface area (Å²) in [6, 6.07) is 30.1. The van der Waals surface area contributed by atoms with Gasteiger partial charge in [0.15, 0.2) is 6.23 Å². The van der Waals surface area contributed by atoms with Gasteiger partial charge in [-0.1, -0.05) is 91.0 Å². The highest BCUT2D eigenvalue weighted by atomic mass is 16.6. The number of rotatable bonds is 8. The van der Waals surface area contributed by atoms with Crippen molar-refractivity contribution < 1.29 is 9.47 Å². The van der Waals surface area contributed by atoms with Crippen LogP contribution in [0.15, 0.2) is 119 Å². The Labute approximate surface area is 230 Å². The summed E-state index contributed by atoms with van der Waals surface area (Å²) in [6.45, 7) is 1.89. The fourth-order valence-electron chi connectivity index (χ4n) is 5.48. The average molecular weight is 536 g/mol. The van der Waals surface area contributed by atoms with Crippen LogP contribution in [0.4, 0.5) is 0 Å². The third-order valence-electron chi connectivity index (χ3n) is 7.39. The van der Waals surface area contributed by atoms with Crippen molar-refractivity contribution >= 4 is 0 Å². The van der Waals surface area contributed by atoms with E-state index in [0.29, 0.717) is 12.0 Å². The second-order valence-corrected chi connectivity index (χ2v) is 9.90. The number of benzene rings is 3. The zero-order chi connectivity index (χ0) is 27.5. The first-order chi connectivity index (χ1) is 19.6. The SMILES string of the molecule is Cc1cn([C@@H]2O[C@H](COC(c3ccccc3)(c3ccccc3)c3ccccc3)C[C@H]2n2cncn2)c(=O)[nH]c1=O. The lowest BCUT2D eigenvalue weighted by Crippen LogP contribution is -2.36. The van der Waals surface area contributed by atoms with Crippen LogP contribution < -0.4 is 11.2 Å². The van der Waals surface area contributed by atoms with Gasteiger partial charge >= 0.3 is 5.69 Å². The van der Waals surface area contributed by atoms with Crippen molar-refractivity contribution in [2.45, 2.75) is 37.3 Å². The van der Waals surface area contributed by atoms with Crippen LogP contribution in [0.25, 0.3) is 0 Å². The molecule has 1 aliphatic heterocycles. The highest BCUT2D eigenvalue weighted by Crippen LogP contribution is 2.43. The smallest absolute Gasteiger partial charge is 0.330 e. The lowest BCUT2D eigenvalue weighted by Gasteiger charge is -2.36. The number of nitrogens with one attached hydrogen (secondary N) is 1. The van der Waals surface area contributed by atoms with Gasteiger partial charge in [0.2, 0.25) is 0 Å². The molecule has 0 spiro atoms. The Bertz CT molecular complexity index is 1570. The minimum atomic E-state index is -0.903. The molecule has 1 saturated heterocycles. The topological polar surface area (TPSA) is 104 Å². The van der Waals surface area contributed by atoms with E-state index in [4.69, 9.17) is 9.47 Å². The highest BCUT2D eigenvalue weighted by Gasteiger charge is 2.43. The molecular weight excluding hydrogens is 506 g/mol. The second-order valence-electron chi connectivity index (χ2n) is 9.90. The number of nitrogens with zero attached hydrogens (tertiary/aromatic N) is 4. The molecule has 2 aromatic heterocycles. The monoisotopic (exact) mass is 535 g/mol. The Morgan fingerprint density at radius 1 is 0.925 bits per heavy atom. The zero-order valence-electron chi connectivity index (χ0n) is 22.0. The first-order valence-corrected chi connectivity index (χ1v) is 13.2. The van der Waals surface area contributed by atoms with E-state index in [-0.39, 0.29) is 18.8 Å².